The van der Waals surface area contributed by atoms with E-state index in [1.807, 2.05) is 31.2 Å². The summed E-state index contributed by atoms with van der Waals surface area (Å²) in [4.78, 5) is 16.6. The number of amides is 1. The molecule has 7 nitrogen and oxygen atoms in total. The van der Waals surface area contributed by atoms with Crippen molar-refractivity contribution in [2.45, 2.75) is 24.4 Å². The summed E-state index contributed by atoms with van der Waals surface area (Å²) in [5.41, 5.74) is 1.98. The van der Waals surface area contributed by atoms with Gasteiger partial charge >= 0.3 is 0 Å². The van der Waals surface area contributed by atoms with Crippen LogP contribution in [0.4, 0.5) is 0 Å². The van der Waals surface area contributed by atoms with E-state index in [9.17, 15) is 13.2 Å². The van der Waals surface area contributed by atoms with E-state index in [1.54, 1.807) is 42.6 Å². The fraction of sp³-hybridized carbons (Fsp3) is 0.136. The molecular weight excluding hydrogens is 400 g/mol. The van der Waals surface area contributed by atoms with Crippen LogP contribution in [0.3, 0.4) is 0 Å². The quantitative estimate of drug-likeness (QED) is 0.610. The molecule has 0 spiro atoms. The van der Waals surface area contributed by atoms with E-state index in [-0.39, 0.29) is 29.0 Å². The van der Waals surface area contributed by atoms with Gasteiger partial charge in [-0.15, -0.1) is 0 Å². The molecule has 2 aromatic carbocycles. The minimum Gasteiger partial charge on any atom is -0.344 e. The summed E-state index contributed by atoms with van der Waals surface area (Å²) >= 11 is 0. The monoisotopic (exact) mass is 420 g/mol. The number of pyridine rings is 1. The number of rotatable bonds is 7. The van der Waals surface area contributed by atoms with Gasteiger partial charge in [-0.1, -0.05) is 30.3 Å². The lowest BCUT2D eigenvalue weighted by Gasteiger charge is -2.13. The highest BCUT2D eigenvalue weighted by Crippen LogP contribution is 2.15. The van der Waals surface area contributed by atoms with Crippen LogP contribution in [0, 0.1) is 11.3 Å². The summed E-state index contributed by atoms with van der Waals surface area (Å²) < 4.78 is 27.4. The van der Waals surface area contributed by atoms with Crippen LogP contribution in [0.5, 0.6) is 0 Å². The number of benzene rings is 2. The molecule has 0 aliphatic heterocycles. The fourth-order valence-corrected chi connectivity index (χ4v) is 3.98. The zero-order valence-electron chi connectivity index (χ0n) is 16.2. The maximum Gasteiger partial charge on any atom is 0.251 e. The van der Waals surface area contributed by atoms with Crippen molar-refractivity contribution >= 4 is 15.9 Å². The number of nitrogens with one attached hydrogen (secondary N) is 2. The fourth-order valence-electron chi connectivity index (χ4n) is 2.81. The molecule has 1 amide bonds. The van der Waals surface area contributed by atoms with Gasteiger partial charge in [-0.3, -0.25) is 9.78 Å². The second kappa shape index (κ2) is 9.31. The largest absolute Gasteiger partial charge is 0.344 e. The van der Waals surface area contributed by atoms with Crippen LogP contribution < -0.4 is 10.0 Å². The van der Waals surface area contributed by atoms with E-state index < -0.39 is 10.0 Å². The van der Waals surface area contributed by atoms with Gasteiger partial charge < -0.3 is 5.32 Å². The maximum atomic E-state index is 12.5. The summed E-state index contributed by atoms with van der Waals surface area (Å²) in [5, 5.41) is 12.0. The number of nitrogens with zero attached hydrogens (tertiary/aromatic N) is 2. The number of nitriles is 1. The molecule has 1 heterocycles. The van der Waals surface area contributed by atoms with Crippen LogP contribution in [0.2, 0.25) is 0 Å². The summed E-state index contributed by atoms with van der Waals surface area (Å²) in [6, 6.07) is 19.8. The molecule has 152 valence electrons. The number of hydrogen-bond acceptors (Lipinski definition) is 5. The third kappa shape index (κ3) is 5.08. The molecule has 0 bridgehead atoms. The van der Waals surface area contributed by atoms with Crippen molar-refractivity contribution in [3.63, 3.8) is 0 Å². The molecule has 1 aromatic heterocycles. The Morgan fingerprint density at radius 3 is 2.43 bits per heavy atom. The lowest BCUT2D eigenvalue weighted by atomic mass is 10.1. The van der Waals surface area contributed by atoms with E-state index in [0.717, 1.165) is 5.69 Å². The molecule has 1 atom stereocenters. The smallest absolute Gasteiger partial charge is 0.251 e. The van der Waals surface area contributed by atoms with E-state index >= 15 is 0 Å². The van der Waals surface area contributed by atoms with Crippen LogP contribution in [-0.4, -0.2) is 19.3 Å². The molecule has 1 unspecified atom stereocenters. The molecule has 0 radical (unpaired) electrons. The third-order valence-electron chi connectivity index (χ3n) is 4.46. The second-order valence-corrected chi connectivity index (χ2v) is 8.31. The number of sulfonamides is 1. The van der Waals surface area contributed by atoms with Crippen molar-refractivity contribution in [3.8, 4) is 6.07 Å². The molecule has 2 N–H and O–H groups in total. The topological polar surface area (TPSA) is 112 Å². The summed E-state index contributed by atoms with van der Waals surface area (Å²) in [6.07, 6.45) is 1.67. The standard InChI is InChI=1S/C22H20N4O3S/c1-16(20-7-4-5-13-24-20)26-22(27)18-11-9-17(10-12-18)15-25-30(28,29)21-8-3-2-6-19(21)14-23/h2-13,16,25H,15H2,1H3,(H,26,27). The van der Waals surface area contributed by atoms with E-state index in [2.05, 4.69) is 15.0 Å². The lowest BCUT2D eigenvalue weighted by molar-refractivity contribution is 0.0939. The average molecular weight is 420 g/mol. The number of carbonyl (C=O) groups is 1. The van der Waals surface area contributed by atoms with Crippen molar-refractivity contribution in [3.05, 3.63) is 95.3 Å². The Balaban J connectivity index is 1.63. The number of carbonyl (C=O) groups excluding carboxylic acids is 1. The molecule has 8 heteroatoms. The van der Waals surface area contributed by atoms with E-state index in [0.29, 0.717) is 11.1 Å². The first-order valence-electron chi connectivity index (χ1n) is 9.20. The molecule has 3 aromatic rings. The Hall–Kier alpha value is -3.54. The van der Waals surface area contributed by atoms with Gasteiger partial charge in [0.05, 0.1) is 22.2 Å². The Labute approximate surface area is 175 Å². The van der Waals surface area contributed by atoms with E-state index in [1.165, 1.54) is 12.1 Å². The molecule has 3 rings (SSSR count). The Bertz CT molecular complexity index is 1170. The lowest BCUT2D eigenvalue weighted by Crippen LogP contribution is -2.27. The predicted octanol–water partition coefficient (Wildman–Crippen LogP) is 2.92. The van der Waals surface area contributed by atoms with Crippen LogP contribution >= 0.6 is 0 Å². The summed E-state index contributed by atoms with van der Waals surface area (Å²) in [7, 11) is -3.83. The van der Waals surface area contributed by atoms with Crippen molar-refractivity contribution < 1.29 is 13.2 Å². The van der Waals surface area contributed by atoms with Crippen molar-refractivity contribution in [2.24, 2.45) is 0 Å². The summed E-state index contributed by atoms with van der Waals surface area (Å²) in [6.45, 7) is 1.89. The van der Waals surface area contributed by atoms with Gasteiger partial charge in [0.1, 0.15) is 6.07 Å². The SMILES string of the molecule is CC(NC(=O)c1ccc(CNS(=O)(=O)c2ccccc2C#N)cc1)c1ccccn1. The average Bonchev–Trinajstić information content (AvgIpc) is 2.78. The van der Waals surface area contributed by atoms with Gasteiger partial charge in [0.25, 0.3) is 5.91 Å². The zero-order chi connectivity index (χ0) is 21.6. The highest BCUT2D eigenvalue weighted by molar-refractivity contribution is 7.89. The van der Waals surface area contributed by atoms with Gasteiger partial charge in [0, 0.05) is 18.3 Å². The Morgan fingerprint density at radius 1 is 1.07 bits per heavy atom. The molecule has 0 saturated heterocycles. The van der Waals surface area contributed by atoms with Crippen molar-refractivity contribution in [1.82, 2.24) is 15.0 Å². The normalized spacial score (nSPS) is 12.0. The van der Waals surface area contributed by atoms with Gasteiger partial charge in [-0.2, -0.15) is 5.26 Å². The van der Waals surface area contributed by atoms with Crippen molar-refractivity contribution in [2.75, 3.05) is 0 Å². The zero-order valence-corrected chi connectivity index (χ0v) is 17.1. The Morgan fingerprint density at radius 2 is 1.77 bits per heavy atom. The second-order valence-electron chi connectivity index (χ2n) is 6.58. The molecule has 0 aliphatic carbocycles. The maximum absolute atomic E-state index is 12.5. The first-order chi connectivity index (χ1) is 14.4. The van der Waals surface area contributed by atoms with Crippen molar-refractivity contribution in [1.29, 1.82) is 5.26 Å². The van der Waals surface area contributed by atoms with Gasteiger partial charge in [0.2, 0.25) is 10.0 Å². The van der Waals surface area contributed by atoms with E-state index in [4.69, 9.17) is 5.26 Å². The first kappa shape index (κ1) is 21.2. The van der Waals surface area contributed by atoms with Gasteiger partial charge in [-0.25, -0.2) is 13.1 Å². The van der Waals surface area contributed by atoms with Gasteiger partial charge in [-0.05, 0) is 48.9 Å². The number of hydrogen-bond donors (Lipinski definition) is 2. The van der Waals surface area contributed by atoms with Crippen LogP contribution in [0.15, 0.2) is 77.8 Å². The highest BCUT2D eigenvalue weighted by atomic mass is 32.2. The van der Waals surface area contributed by atoms with Crippen LogP contribution in [0.25, 0.3) is 0 Å². The number of aromatic nitrogens is 1. The Kier molecular flexibility index (Phi) is 6.57. The molecular formula is C22H20N4O3S. The molecule has 0 saturated carbocycles. The summed E-state index contributed by atoms with van der Waals surface area (Å²) in [5.74, 6) is -0.247. The predicted molar refractivity (Wildman–Crippen MR) is 112 cm³/mol. The minimum atomic E-state index is -3.83. The van der Waals surface area contributed by atoms with Crippen LogP contribution in [-0.2, 0) is 16.6 Å². The molecule has 30 heavy (non-hydrogen) atoms. The third-order valence-corrected chi connectivity index (χ3v) is 5.92. The molecule has 0 aliphatic rings. The molecule has 0 fully saturated rings. The van der Waals surface area contributed by atoms with Gasteiger partial charge in [0.15, 0.2) is 0 Å². The first-order valence-corrected chi connectivity index (χ1v) is 10.7. The minimum absolute atomic E-state index is 0.0360. The highest BCUT2D eigenvalue weighted by Gasteiger charge is 2.18. The van der Waals surface area contributed by atoms with Crippen LogP contribution in [0.1, 0.15) is 40.1 Å².